The van der Waals surface area contributed by atoms with Crippen molar-refractivity contribution in [1.82, 2.24) is 10.2 Å². The molecule has 0 fully saturated rings. The van der Waals surface area contributed by atoms with Crippen LogP contribution in [0, 0.1) is 0 Å². The van der Waals surface area contributed by atoms with Gasteiger partial charge in [0, 0.05) is 11.6 Å². The Morgan fingerprint density at radius 1 is 1.14 bits per heavy atom. The topological polar surface area (TPSA) is 101 Å². The quantitative estimate of drug-likeness (QED) is 0.616. The summed E-state index contributed by atoms with van der Waals surface area (Å²) in [5, 5.41) is 11.7. The molecular weight excluding hydrogens is 412 g/mol. The van der Waals surface area contributed by atoms with Gasteiger partial charge in [-0.3, -0.25) is 14.4 Å². The van der Waals surface area contributed by atoms with Gasteiger partial charge >= 0.3 is 0 Å². The van der Waals surface area contributed by atoms with Crippen LogP contribution < -0.4 is 14.4 Å². The Labute approximate surface area is 173 Å². The maximum absolute atomic E-state index is 12.8. The largest absolute Gasteiger partial charge is 0.497 e. The highest BCUT2D eigenvalue weighted by Gasteiger charge is 2.30. The first-order valence-corrected chi connectivity index (χ1v) is 11.3. The molecule has 0 aliphatic heterocycles. The van der Waals surface area contributed by atoms with Crippen LogP contribution in [0.3, 0.4) is 0 Å². The summed E-state index contributed by atoms with van der Waals surface area (Å²) in [6.07, 6.45) is 1.05. The molecule has 152 valence electrons. The molecule has 0 saturated carbocycles. The number of rotatable bonds is 7. The van der Waals surface area contributed by atoms with Crippen LogP contribution in [0.4, 0.5) is 10.8 Å². The molecule has 1 atom stereocenters. The first-order valence-electron chi connectivity index (χ1n) is 8.63. The Balaban J connectivity index is 1.82. The number of nitrogens with zero attached hydrogens (tertiary/aromatic N) is 3. The fraction of sp³-hybridized carbons (Fsp3) is 0.211. The summed E-state index contributed by atoms with van der Waals surface area (Å²) in [7, 11) is -2.25. The molecule has 1 aromatic heterocycles. The smallest absolute Gasteiger partial charge is 0.249 e. The molecular formula is C19H20N4O4S2. The average molecular weight is 433 g/mol. The standard InChI is InChI=1S/C19H20N4O4S2/c1-13(23(29(3,25)26)15-10-7-11-16(12-15)27-2)17(24)20-19-22-21-18(28-19)14-8-5-4-6-9-14/h4-13H,1-3H3,(H,20,22,24). The van der Waals surface area contributed by atoms with E-state index in [9.17, 15) is 13.2 Å². The van der Waals surface area contributed by atoms with Gasteiger partial charge < -0.3 is 4.74 Å². The van der Waals surface area contributed by atoms with E-state index in [1.807, 2.05) is 30.3 Å². The molecule has 29 heavy (non-hydrogen) atoms. The van der Waals surface area contributed by atoms with Gasteiger partial charge in [0.25, 0.3) is 0 Å². The zero-order valence-electron chi connectivity index (χ0n) is 16.1. The van der Waals surface area contributed by atoms with Crippen LogP contribution >= 0.6 is 11.3 Å². The van der Waals surface area contributed by atoms with Crippen LogP contribution in [-0.4, -0.2) is 43.9 Å². The van der Waals surface area contributed by atoms with Crippen LogP contribution in [0.1, 0.15) is 6.92 Å². The molecule has 0 aliphatic rings. The molecule has 0 saturated heterocycles. The monoisotopic (exact) mass is 432 g/mol. The number of nitrogens with one attached hydrogen (secondary N) is 1. The maximum Gasteiger partial charge on any atom is 0.249 e. The number of hydrogen-bond acceptors (Lipinski definition) is 7. The van der Waals surface area contributed by atoms with E-state index >= 15 is 0 Å². The van der Waals surface area contributed by atoms with Gasteiger partial charge in [-0.25, -0.2) is 8.42 Å². The van der Waals surface area contributed by atoms with Crippen LogP contribution in [0.25, 0.3) is 10.6 Å². The number of carbonyl (C=O) groups is 1. The summed E-state index contributed by atoms with van der Waals surface area (Å²) in [5.41, 5.74) is 1.21. The molecule has 0 spiro atoms. The Kier molecular flexibility index (Phi) is 6.14. The summed E-state index contributed by atoms with van der Waals surface area (Å²) in [6.45, 7) is 1.51. The highest BCUT2D eigenvalue weighted by atomic mass is 32.2. The van der Waals surface area contributed by atoms with E-state index < -0.39 is 22.0 Å². The fourth-order valence-corrected chi connectivity index (χ4v) is 4.66. The summed E-state index contributed by atoms with van der Waals surface area (Å²) < 4.78 is 31.0. The van der Waals surface area contributed by atoms with Gasteiger partial charge in [0.1, 0.15) is 16.8 Å². The lowest BCUT2D eigenvalue weighted by Gasteiger charge is -2.28. The van der Waals surface area contributed by atoms with E-state index in [1.165, 1.54) is 25.4 Å². The Hall–Kier alpha value is -2.98. The lowest BCUT2D eigenvalue weighted by atomic mass is 10.2. The predicted octanol–water partition coefficient (Wildman–Crippen LogP) is 3.01. The van der Waals surface area contributed by atoms with Crippen molar-refractivity contribution in [2.24, 2.45) is 0 Å². The fourth-order valence-electron chi connectivity index (χ4n) is 2.74. The number of amides is 1. The van der Waals surface area contributed by atoms with Crippen molar-refractivity contribution in [2.45, 2.75) is 13.0 Å². The first kappa shape index (κ1) is 20.7. The lowest BCUT2D eigenvalue weighted by Crippen LogP contribution is -2.45. The highest BCUT2D eigenvalue weighted by Crippen LogP contribution is 2.28. The zero-order chi connectivity index (χ0) is 21.0. The summed E-state index contributed by atoms with van der Waals surface area (Å²) in [4.78, 5) is 12.8. The van der Waals surface area contributed by atoms with Crippen LogP contribution in [0.2, 0.25) is 0 Å². The van der Waals surface area contributed by atoms with Crippen molar-refractivity contribution in [3.63, 3.8) is 0 Å². The summed E-state index contributed by atoms with van der Waals surface area (Å²) >= 11 is 1.21. The number of hydrogen-bond donors (Lipinski definition) is 1. The predicted molar refractivity (Wildman–Crippen MR) is 114 cm³/mol. The SMILES string of the molecule is COc1cccc(N(C(C)C(=O)Nc2nnc(-c3ccccc3)s2)S(C)(=O)=O)c1. The third-order valence-corrected chi connectivity index (χ3v) is 6.20. The van der Waals surface area contributed by atoms with Gasteiger partial charge in [-0.1, -0.05) is 47.7 Å². The third kappa shape index (κ3) is 4.90. The second kappa shape index (κ2) is 8.58. The van der Waals surface area contributed by atoms with Gasteiger partial charge in [-0.15, -0.1) is 10.2 Å². The maximum atomic E-state index is 12.8. The van der Waals surface area contributed by atoms with E-state index in [-0.39, 0.29) is 0 Å². The minimum atomic E-state index is -3.73. The number of methoxy groups -OCH3 is 1. The van der Waals surface area contributed by atoms with E-state index in [2.05, 4.69) is 15.5 Å². The van der Waals surface area contributed by atoms with Crippen LogP contribution in [0.5, 0.6) is 5.75 Å². The van der Waals surface area contributed by atoms with Gasteiger partial charge in [-0.2, -0.15) is 0 Å². The third-order valence-electron chi connectivity index (χ3n) is 4.07. The normalized spacial score (nSPS) is 12.2. The van der Waals surface area contributed by atoms with E-state index in [0.29, 0.717) is 21.6 Å². The Morgan fingerprint density at radius 3 is 2.52 bits per heavy atom. The van der Waals surface area contributed by atoms with Crippen molar-refractivity contribution in [3.8, 4) is 16.3 Å². The minimum absolute atomic E-state index is 0.291. The van der Waals surface area contributed by atoms with E-state index in [1.54, 1.807) is 24.3 Å². The molecule has 3 aromatic rings. The van der Waals surface area contributed by atoms with Crippen LogP contribution in [0.15, 0.2) is 54.6 Å². The molecule has 1 N–H and O–H groups in total. The summed E-state index contributed by atoms with van der Waals surface area (Å²) in [6, 6.07) is 15.0. The molecule has 0 aliphatic carbocycles. The minimum Gasteiger partial charge on any atom is -0.497 e. The number of aromatic nitrogens is 2. The van der Waals surface area contributed by atoms with Crippen molar-refractivity contribution < 1.29 is 17.9 Å². The number of anilines is 2. The van der Waals surface area contributed by atoms with Gasteiger partial charge in [-0.05, 0) is 19.1 Å². The Bertz CT molecular complexity index is 1100. The lowest BCUT2D eigenvalue weighted by molar-refractivity contribution is -0.116. The molecule has 1 amide bonds. The van der Waals surface area contributed by atoms with Crippen molar-refractivity contribution >= 4 is 38.1 Å². The molecule has 2 aromatic carbocycles. The second-order valence-corrected chi connectivity index (χ2v) is 9.04. The van der Waals surface area contributed by atoms with Crippen molar-refractivity contribution in [3.05, 3.63) is 54.6 Å². The average Bonchev–Trinajstić information content (AvgIpc) is 3.16. The first-order chi connectivity index (χ1) is 13.8. The van der Waals surface area contributed by atoms with Crippen molar-refractivity contribution in [2.75, 3.05) is 23.0 Å². The van der Waals surface area contributed by atoms with Gasteiger partial charge in [0.15, 0.2) is 0 Å². The number of benzene rings is 2. The molecule has 3 rings (SSSR count). The summed E-state index contributed by atoms with van der Waals surface area (Å²) in [5.74, 6) is -0.0330. The van der Waals surface area contributed by atoms with E-state index in [0.717, 1.165) is 16.1 Å². The molecule has 8 nitrogen and oxygen atoms in total. The number of sulfonamides is 1. The Morgan fingerprint density at radius 2 is 1.86 bits per heavy atom. The molecule has 10 heteroatoms. The molecule has 0 bridgehead atoms. The van der Waals surface area contributed by atoms with E-state index in [4.69, 9.17) is 4.74 Å². The van der Waals surface area contributed by atoms with Crippen molar-refractivity contribution in [1.29, 1.82) is 0 Å². The van der Waals surface area contributed by atoms with Gasteiger partial charge in [0.2, 0.25) is 21.1 Å². The number of carbonyl (C=O) groups excluding carboxylic acids is 1. The van der Waals surface area contributed by atoms with Gasteiger partial charge in [0.05, 0.1) is 19.1 Å². The zero-order valence-corrected chi connectivity index (χ0v) is 17.7. The number of ether oxygens (including phenoxy) is 1. The molecule has 1 unspecified atom stereocenters. The highest BCUT2D eigenvalue weighted by molar-refractivity contribution is 7.92. The van der Waals surface area contributed by atoms with Crippen LogP contribution in [-0.2, 0) is 14.8 Å². The second-order valence-electron chi connectivity index (χ2n) is 6.20. The molecule has 0 radical (unpaired) electrons. The molecule has 1 heterocycles.